The van der Waals surface area contributed by atoms with Crippen LogP contribution in [0.1, 0.15) is 26.0 Å². The van der Waals surface area contributed by atoms with E-state index in [1.807, 2.05) is 13.8 Å². The largest absolute Gasteiger partial charge is 0.465 e. The lowest BCUT2D eigenvalue weighted by Gasteiger charge is -2.07. The van der Waals surface area contributed by atoms with Crippen molar-refractivity contribution in [1.82, 2.24) is 5.32 Å². The van der Waals surface area contributed by atoms with E-state index in [0.717, 1.165) is 6.42 Å². The molecule has 4 heteroatoms. The minimum Gasteiger partial charge on any atom is -0.465 e. The second-order valence-corrected chi connectivity index (χ2v) is 3.91. The van der Waals surface area contributed by atoms with Crippen LogP contribution in [0.3, 0.4) is 0 Å². The first kappa shape index (κ1) is 13.5. The Labute approximate surface area is 102 Å². The van der Waals surface area contributed by atoms with Crippen molar-refractivity contribution in [1.29, 1.82) is 0 Å². The van der Waals surface area contributed by atoms with E-state index < -0.39 is 0 Å². The van der Waals surface area contributed by atoms with Gasteiger partial charge >= 0.3 is 0 Å². The molecule has 0 aromatic carbocycles. The molecule has 0 saturated carbocycles. The van der Waals surface area contributed by atoms with Crippen LogP contribution in [0.25, 0.3) is 6.08 Å². The number of carbonyl (C=O) groups excluding carboxylic acids is 1. The van der Waals surface area contributed by atoms with Gasteiger partial charge in [-0.2, -0.15) is 0 Å². The van der Waals surface area contributed by atoms with Gasteiger partial charge in [0.1, 0.15) is 5.76 Å². The van der Waals surface area contributed by atoms with Crippen LogP contribution in [0, 0.1) is 0 Å². The molecule has 94 valence electrons. The highest BCUT2D eigenvalue weighted by atomic mass is 16.5. The summed E-state index contributed by atoms with van der Waals surface area (Å²) in [6, 6.07) is 3.57. The molecule has 0 atom stereocenters. The van der Waals surface area contributed by atoms with Gasteiger partial charge in [-0.25, -0.2) is 0 Å². The number of amides is 1. The molecule has 0 unspecified atom stereocenters. The molecule has 0 aliphatic rings. The summed E-state index contributed by atoms with van der Waals surface area (Å²) in [4.78, 5) is 11.4. The molecule has 0 saturated heterocycles. The van der Waals surface area contributed by atoms with Crippen molar-refractivity contribution in [2.24, 2.45) is 0 Å². The Morgan fingerprint density at radius 1 is 1.59 bits per heavy atom. The third kappa shape index (κ3) is 6.58. The number of nitrogens with one attached hydrogen (secondary N) is 1. The highest BCUT2D eigenvalue weighted by Gasteiger charge is 1.97. The van der Waals surface area contributed by atoms with E-state index in [2.05, 4.69) is 5.32 Å². The average molecular weight is 237 g/mol. The summed E-state index contributed by atoms with van der Waals surface area (Å²) < 4.78 is 10.4. The van der Waals surface area contributed by atoms with Crippen molar-refractivity contribution in [3.63, 3.8) is 0 Å². The molecule has 17 heavy (non-hydrogen) atoms. The second kappa shape index (κ2) is 7.68. The number of carbonyl (C=O) groups is 1. The number of hydrogen-bond acceptors (Lipinski definition) is 3. The van der Waals surface area contributed by atoms with Gasteiger partial charge in [-0.15, -0.1) is 0 Å². The zero-order valence-corrected chi connectivity index (χ0v) is 10.3. The minimum atomic E-state index is -0.119. The molecule has 1 amide bonds. The van der Waals surface area contributed by atoms with Crippen LogP contribution in [0.4, 0.5) is 0 Å². The fraction of sp³-hybridized carbons (Fsp3) is 0.462. The first-order valence-corrected chi connectivity index (χ1v) is 5.79. The van der Waals surface area contributed by atoms with Crippen LogP contribution < -0.4 is 5.32 Å². The van der Waals surface area contributed by atoms with Crippen molar-refractivity contribution < 1.29 is 13.9 Å². The van der Waals surface area contributed by atoms with Crippen LogP contribution in [0.5, 0.6) is 0 Å². The Hall–Kier alpha value is -1.55. The number of ether oxygens (including phenoxy) is 1. The van der Waals surface area contributed by atoms with Gasteiger partial charge in [-0.1, -0.05) is 0 Å². The first-order chi connectivity index (χ1) is 8.18. The van der Waals surface area contributed by atoms with Crippen LogP contribution in [-0.4, -0.2) is 25.2 Å². The Kier molecular flexibility index (Phi) is 6.10. The number of furan rings is 1. The zero-order chi connectivity index (χ0) is 12.5. The standard InChI is InChI=1S/C13H19NO3/c1-11(2)16-10-4-8-14-13(15)7-6-12-5-3-9-17-12/h3,5-7,9,11H,4,8,10H2,1-2H3,(H,14,15)/b7-6+. The van der Waals surface area contributed by atoms with Crippen LogP contribution in [0.2, 0.25) is 0 Å². The summed E-state index contributed by atoms with van der Waals surface area (Å²) in [6.45, 7) is 5.27. The molecule has 4 nitrogen and oxygen atoms in total. The smallest absolute Gasteiger partial charge is 0.244 e. The average Bonchev–Trinajstić information content (AvgIpc) is 2.78. The predicted octanol–water partition coefficient (Wildman–Crippen LogP) is 2.22. The Morgan fingerprint density at radius 3 is 3.06 bits per heavy atom. The number of hydrogen-bond donors (Lipinski definition) is 1. The van der Waals surface area contributed by atoms with Crippen LogP contribution in [0.15, 0.2) is 28.9 Å². The summed E-state index contributed by atoms with van der Waals surface area (Å²) in [6.07, 6.45) is 5.73. The van der Waals surface area contributed by atoms with Gasteiger partial charge in [0.2, 0.25) is 5.91 Å². The zero-order valence-electron chi connectivity index (χ0n) is 10.3. The van der Waals surface area contributed by atoms with E-state index in [1.54, 1.807) is 24.5 Å². The van der Waals surface area contributed by atoms with Gasteiger partial charge < -0.3 is 14.5 Å². The molecule has 0 radical (unpaired) electrons. The molecule has 1 aromatic heterocycles. The van der Waals surface area contributed by atoms with Gasteiger partial charge in [0.15, 0.2) is 0 Å². The molecule has 0 aliphatic heterocycles. The van der Waals surface area contributed by atoms with E-state index in [1.165, 1.54) is 6.08 Å². The first-order valence-electron chi connectivity index (χ1n) is 5.79. The Morgan fingerprint density at radius 2 is 2.41 bits per heavy atom. The summed E-state index contributed by atoms with van der Waals surface area (Å²) in [5.41, 5.74) is 0. The third-order valence-electron chi connectivity index (χ3n) is 2.01. The van der Waals surface area contributed by atoms with Crippen molar-refractivity contribution in [2.75, 3.05) is 13.2 Å². The molecule has 1 N–H and O–H groups in total. The maximum Gasteiger partial charge on any atom is 0.244 e. The van der Waals surface area contributed by atoms with Gasteiger partial charge in [-0.05, 0) is 38.5 Å². The summed E-state index contributed by atoms with van der Waals surface area (Å²) in [7, 11) is 0. The fourth-order valence-electron chi connectivity index (χ4n) is 1.21. The van der Waals surface area contributed by atoms with E-state index in [0.29, 0.717) is 18.9 Å². The van der Waals surface area contributed by atoms with Crippen molar-refractivity contribution in [3.8, 4) is 0 Å². The minimum absolute atomic E-state index is 0.119. The van der Waals surface area contributed by atoms with Gasteiger partial charge in [0.25, 0.3) is 0 Å². The summed E-state index contributed by atoms with van der Waals surface area (Å²) in [5, 5.41) is 2.77. The third-order valence-corrected chi connectivity index (χ3v) is 2.01. The quantitative estimate of drug-likeness (QED) is 0.584. The van der Waals surface area contributed by atoms with Gasteiger partial charge in [0.05, 0.1) is 12.4 Å². The van der Waals surface area contributed by atoms with Gasteiger partial charge in [0, 0.05) is 19.2 Å². The van der Waals surface area contributed by atoms with Crippen molar-refractivity contribution >= 4 is 12.0 Å². The number of rotatable bonds is 7. The summed E-state index contributed by atoms with van der Waals surface area (Å²) >= 11 is 0. The molecule has 1 heterocycles. The molecule has 0 aliphatic carbocycles. The topological polar surface area (TPSA) is 51.5 Å². The van der Waals surface area contributed by atoms with Crippen LogP contribution in [-0.2, 0) is 9.53 Å². The molecular formula is C13H19NO3. The van der Waals surface area contributed by atoms with Crippen LogP contribution >= 0.6 is 0 Å². The molecule has 1 rings (SSSR count). The Bertz CT molecular complexity index is 342. The highest BCUT2D eigenvalue weighted by molar-refractivity contribution is 5.91. The van der Waals surface area contributed by atoms with Gasteiger partial charge in [-0.3, -0.25) is 4.79 Å². The second-order valence-electron chi connectivity index (χ2n) is 3.91. The molecule has 0 bridgehead atoms. The maximum atomic E-state index is 11.4. The predicted molar refractivity (Wildman–Crippen MR) is 66.5 cm³/mol. The Balaban J connectivity index is 2.09. The monoisotopic (exact) mass is 237 g/mol. The lowest BCUT2D eigenvalue weighted by Crippen LogP contribution is -2.23. The van der Waals surface area contributed by atoms with E-state index in [-0.39, 0.29) is 12.0 Å². The van der Waals surface area contributed by atoms with E-state index in [9.17, 15) is 4.79 Å². The maximum absolute atomic E-state index is 11.4. The van der Waals surface area contributed by atoms with E-state index >= 15 is 0 Å². The van der Waals surface area contributed by atoms with Crippen molar-refractivity contribution in [3.05, 3.63) is 30.2 Å². The fourth-order valence-corrected chi connectivity index (χ4v) is 1.21. The SMILES string of the molecule is CC(C)OCCCNC(=O)/C=C/c1ccco1. The van der Waals surface area contributed by atoms with Crippen molar-refractivity contribution in [2.45, 2.75) is 26.4 Å². The molecular weight excluding hydrogens is 218 g/mol. The van der Waals surface area contributed by atoms with E-state index in [4.69, 9.17) is 9.15 Å². The molecule has 1 aromatic rings. The molecule has 0 spiro atoms. The highest BCUT2D eigenvalue weighted by Crippen LogP contribution is 2.01. The lowest BCUT2D eigenvalue weighted by atomic mass is 10.3. The normalized spacial score (nSPS) is 11.2. The lowest BCUT2D eigenvalue weighted by molar-refractivity contribution is -0.116. The molecule has 0 fully saturated rings. The summed E-state index contributed by atoms with van der Waals surface area (Å²) in [5.74, 6) is 0.550.